The fraction of sp³-hybridized carbons (Fsp3) is 0.857. The smallest absolute Gasteiger partial charge is 0.0511 e. The average molecular weight is 145 g/mol. The van der Waals surface area contributed by atoms with E-state index in [1.54, 1.807) is 0 Å². The molecule has 0 aromatic rings. The highest BCUT2D eigenvalue weighted by Crippen LogP contribution is 2.05. The molecule has 10 heavy (non-hydrogen) atoms. The lowest BCUT2D eigenvalue weighted by atomic mass is 10.0. The molecule has 1 unspecified atom stereocenters. The summed E-state index contributed by atoms with van der Waals surface area (Å²) in [5.41, 5.74) is 0. The third kappa shape index (κ3) is 3.45. The van der Waals surface area contributed by atoms with Crippen LogP contribution in [0.4, 0.5) is 0 Å². The first kappa shape index (κ1) is 9.43. The van der Waals surface area contributed by atoms with Gasteiger partial charge in [0.05, 0.1) is 6.61 Å². The average Bonchev–Trinajstić information content (AvgIpc) is 1.89. The Morgan fingerprint density at radius 1 is 1.70 bits per heavy atom. The van der Waals surface area contributed by atoms with Crippen LogP contribution in [0, 0.1) is 5.92 Å². The molecule has 0 aliphatic heterocycles. The zero-order valence-corrected chi connectivity index (χ0v) is 6.17. The Balaban J connectivity index is 3.50. The normalized spacial score (nSPS) is 13.0. The predicted octanol–water partition coefficient (Wildman–Crippen LogP) is -0.465. The van der Waals surface area contributed by atoms with Crippen molar-refractivity contribution in [2.75, 3.05) is 6.61 Å². The van der Waals surface area contributed by atoms with Gasteiger partial charge in [0.1, 0.15) is 0 Å². The summed E-state index contributed by atoms with van der Waals surface area (Å²) >= 11 is 0. The number of rotatable bonds is 5. The minimum atomic E-state index is -1.14. The van der Waals surface area contributed by atoms with Crippen molar-refractivity contribution in [3.8, 4) is 0 Å². The van der Waals surface area contributed by atoms with Crippen molar-refractivity contribution in [2.24, 2.45) is 5.92 Å². The lowest BCUT2D eigenvalue weighted by molar-refractivity contribution is -0.312. The third-order valence-corrected chi connectivity index (χ3v) is 1.46. The van der Waals surface area contributed by atoms with E-state index >= 15 is 0 Å². The van der Waals surface area contributed by atoms with Gasteiger partial charge in [-0.2, -0.15) is 0 Å². The van der Waals surface area contributed by atoms with Crippen molar-refractivity contribution >= 4 is 5.97 Å². The molecule has 0 rings (SSSR count). The first-order valence-corrected chi connectivity index (χ1v) is 3.54. The monoisotopic (exact) mass is 145 g/mol. The molecule has 0 heterocycles. The number of aliphatic hydroxyl groups is 1. The fourth-order valence-corrected chi connectivity index (χ4v) is 0.734. The molecule has 0 fully saturated rings. The maximum Gasteiger partial charge on any atom is 0.0511 e. The van der Waals surface area contributed by atoms with Crippen molar-refractivity contribution in [3.63, 3.8) is 0 Å². The molecular formula is C7H13O3-. The van der Waals surface area contributed by atoms with Gasteiger partial charge in [-0.1, -0.05) is 19.8 Å². The van der Waals surface area contributed by atoms with Crippen molar-refractivity contribution in [1.82, 2.24) is 0 Å². The van der Waals surface area contributed by atoms with E-state index in [0.717, 1.165) is 12.8 Å². The Hall–Kier alpha value is -0.570. The zero-order valence-electron chi connectivity index (χ0n) is 6.17. The van der Waals surface area contributed by atoms with Gasteiger partial charge in [-0.3, -0.25) is 0 Å². The van der Waals surface area contributed by atoms with Crippen molar-refractivity contribution in [3.05, 3.63) is 0 Å². The Morgan fingerprint density at radius 3 is 2.60 bits per heavy atom. The molecule has 0 aliphatic rings. The molecular weight excluding hydrogens is 132 g/mol. The standard InChI is InChI=1S/C7H14O3/c1-2-3-4-6(5-8)7(9)10/h6,8H,2-5H2,1H3,(H,9,10)/p-1. The predicted molar refractivity (Wildman–Crippen MR) is 35.1 cm³/mol. The van der Waals surface area contributed by atoms with Gasteiger partial charge in [-0.05, 0) is 6.42 Å². The molecule has 0 aromatic carbocycles. The van der Waals surface area contributed by atoms with Crippen LogP contribution in [-0.2, 0) is 4.79 Å². The van der Waals surface area contributed by atoms with Crippen molar-refractivity contribution in [1.29, 1.82) is 0 Å². The number of hydrogen-bond acceptors (Lipinski definition) is 3. The fourth-order valence-electron chi connectivity index (χ4n) is 0.734. The lowest BCUT2D eigenvalue weighted by Crippen LogP contribution is -2.33. The van der Waals surface area contributed by atoms with E-state index in [1.807, 2.05) is 6.92 Å². The minimum absolute atomic E-state index is 0.303. The summed E-state index contributed by atoms with van der Waals surface area (Å²) < 4.78 is 0. The second kappa shape index (κ2) is 5.23. The first-order valence-electron chi connectivity index (χ1n) is 3.54. The molecule has 0 aliphatic carbocycles. The maximum atomic E-state index is 10.2. The van der Waals surface area contributed by atoms with Crippen LogP contribution < -0.4 is 5.11 Å². The van der Waals surface area contributed by atoms with Gasteiger partial charge in [-0.25, -0.2) is 0 Å². The van der Waals surface area contributed by atoms with Gasteiger partial charge in [0.25, 0.3) is 0 Å². The number of carbonyl (C=O) groups excluding carboxylic acids is 1. The summed E-state index contributed by atoms with van der Waals surface area (Å²) in [4.78, 5) is 10.2. The maximum absolute atomic E-state index is 10.2. The molecule has 0 radical (unpaired) electrons. The van der Waals surface area contributed by atoms with Crippen molar-refractivity contribution < 1.29 is 15.0 Å². The molecule has 0 bridgehead atoms. The summed E-state index contributed by atoms with van der Waals surface area (Å²) in [6, 6.07) is 0. The number of aliphatic hydroxyl groups excluding tert-OH is 1. The summed E-state index contributed by atoms with van der Waals surface area (Å²) in [5, 5.41) is 18.7. The zero-order chi connectivity index (χ0) is 7.98. The van der Waals surface area contributed by atoms with E-state index in [0.29, 0.717) is 6.42 Å². The summed E-state index contributed by atoms with van der Waals surface area (Å²) in [5.74, 6) is -1.81. The van der Waals surface area contributed by atoms with Crippen LogP contribution in [-0.4, -0.2) is 17.7 Å². The summed E-state index contributed by atoms with van der Waals surface area (Å²) in [7, 11) is 0. The van der Waals surface area contributed by atoms with E-state index in [9.17, 15) is 9.90 Å². The molecule has 0 amide bonds. The van der Waals surface area contributed by atoms with E-state index in [1.165, 1.54) is 0 Å². The number of carboxylic acids is 1. The van der Waals surface area contributed by atoms with Crippen LogP contribution in [0.3, 0.4) is 0 Å². The van der Waals surface area contributed by atoms with Crippen LogP contribution in [0.25, 0.3) is 0 Å². The van der Waals surface area contributed by atoms with Gasteiger partial charge in [0, 0.05) is 11.9 Å². The largest absolute Gasteiger partial charge is 0.550 e. The molecule has 0 saturated carbocycles. The van der Waals surface area contributed by atoms with Crippen LogP contribution in [0.15, 0.2) is 0 Å². The van der Waals surface area contributed by atoms with Crippen molar-refractivity contribution in [2.45, 2.75) is 26.2 Å². The second-order valence-electron chi connectivity index (χ2n) is 2.34. The quantitative estimate of drug-likeness (QED) is 0.569. The Labute approximate surface area is 60.7 Å². The molecule has 3 nitrogen and oxygen atoms in total. The lowest BCUT2D eigenvalue weighted by Gasteiger charge is -2.13. The van der Waals surface area contributed by atoms with Gasteiger partial charge in [0.15, 0.2) is 0 Å². The Morgan fingerprint density at radius 2 is 2.30 bits per heavy atom. The summed E-state index contributed by atoms with van der Waals surface area (Å²) in [6.45, 7) is 1.67. The molecule has 1 N–H and O–H groups in total. The minimum Gasteiger partial charge on any atom is -0.550 e. The second-order valence-corrected chi connectivity index (χ2v) is 2.34. The Kier molecular flexibility index (Phi) is 4.94. The molecule has 3 heteroatoms. The topological polar surface area (TPSA) is 60.4 Å². The molecule has 0 spiro atoms. The molecule has 60 valence electrons. The van der Waals surface area contributed by atoms with Crippen LogP contribution in [0.1, 0.15) is 26.2 Å². The highest BCUT2D eigenvalue weighted by molar-refractivity contribution is 5.67. The number of hydrogen-bond donors (Lipinski definition) is 1. The number of carboxylic acid groups (broad SMARTS) is 1. The van der Waals surface area contributed by atoms with Crippen LogP contribution in [0.2, 0.25) is 0 Å². The highest BCUT2D eigenvalue weighted by Gasteiger charge is 2.06. The summed E-state index contributed by atoms with van der Waals surface area (Å²) in [6.07, 6.45) is 2.30. The van der Waals surface area contributed by atoms with E-state index in [4.69, 9.17) is 5.11 Å². The van der Waals surface area contributed by atoms with E-state index in [-0.39, 0.29) is 6.61 Å². The van der Waals surface area contributed by atoms with E-state index in [2.05, 4.69) is 0 Å². The number of carbonyl (C=O) groups is 1. The van der Waals surface area contributed by atoms with Crippen LogP contribution >= 0.6 is 0 Å². The van der Waals surface area contributed by atoms with E-state index < -0.39 is 11.9 Å². The molecule has 1 atom stereocenters. The van der Waals surface area contributed by atoms with Gasteiger partial charge in [-0.15, -0.1) is 0 Å². The molecule has 0 saturated heterocycles. The van der Waals surface area contributed by atoms with Gasteiger partial charge in [0.2, 0.25) is 0 Å². The first-order chi connectivity index (χ1) is 4.72. The van der Waals surface area contributed by atoms with Gasteiger partial charge < -0.3 is 15.0 Å². The van der Waals surface area contributed by atoms with Gasteiger partial charge >= 0.3 is 0 Å². The number of unbranched alkanes of at least 4 members (excludes halogenated alkanes) is 1. The highest BCUT2D eigenvalue weighted by atomic mass is 16.4. The third-order valence-electron chi connectivity index (χ3n) is 1.46. The number of aliphatic carboxylic acids is 1. The SMILES string of the molecule is CCCCC(CO)C(=O)[O-]. The molecule has 0 aromatic heterocycles. The van der Waals surface area contributed by atoms with Crippen LogP contribution in [0.5, 0.6) is 0 Å². The Bertz CT molecular complexity index is 101.